The van der Waals surface area contributed by atoms with Crippen molar-refractivity contribution in [3.63, 3.8) is 0 Å². The Bertz CT molecular complexity index is 351. The van der Waals surface area contributed by atoms with E-state index in [2.05, 4.69) is 9.97 Å². The number of aromatic amines is 1. The highest BCUT2D eigenvalue weighted by Crippen LogP contribution is 2.24. The quantitative estimate of drug-likeness (QED) is 0.854. The molecule has 1 aromatic rings. The summed E-state index contributed by atoms with van der Waals surface area (Å²) in [5.74, 6) is 1.53. The Hall–Kier alpha value is -1.36. The van der Waals surface area contributed by atoms with Gasteiger partial charge in [0, 0.05) is 38.5 Å². The molecule has 0 bridgehead atoms. The molecule has 5 heteroatoms. The summed E-state index contributed by atoms with van der Waals surface area (Å²) in [4.78, 5) is 21.2. The third kappa shape index (κ3) is 3.06. The molecule has 1 N–H and O–H groups in total. The molecule has 1 aliphatic rings. The fraction of sp³-hybridized carbons (Fsp3) is 0.667. The molecule has 0 saturated carbocycles. The lowest BCUT2D eigenvalue weighted by Gasteiger charge is -2.31. The van der Waals surface area contributed by atoms with E-state index in [1.54, 1.807) is 13.3 Å². The van der Waals surface area contributed by atoms with E-state index in [1.807, 2.05) is 11.1 Å². The van der Waals surface area contributed by atoms with Gasteiger partial charge in [-0.05, 0) is 12.8 Å². The standard InChI is InChI=1S/C12H19N3O2/c1-17-8-4-11(16)15-7-2-3-10(9-15)12-13-5-6-14-12/h5-6,10H,2-4,7-9H2,1H3,(H,13,14). The Kier molecular flexibility index (Phi) is 4.14. The predicted molar refractivity (Wildman–Crippen MR) is 63.6 cm³/mol. The van der Waals surface area contributed by atoms with Crippen molar-refractivity contribution in [2.45, 2.75) is 25.2 Å². The third-order valence-corrected chi connectivity index (χ3v) is 3.20. The number of carbonyl (C=O) groups excluding carboxylic acids is 1. The smallest absolute Gasteiger partial charge is 0.224 e. The number of likely N-dealkylation sites (tertiary alicyclic amines) is 1. The molecule has 5 nitrogen and oxygen atoms in total. The van der Waals surface area contributed by atoms with Gasteiger partial charge in [-0.1, -0.05) is 0 Å². The number of methoxy groups -OCH3 is 1. The van der Waals surface area contributed by atoms with E-state index in [9.17, 15) is 4.79 Å². The first-order valence-electron chi connectivity index (χ1n) is 6.07. The largest absolute Gasteiger partial charge is 0.384 e. The molecule has 1 unspecified atom stereocenters. The summed E-state index contributed by atoms with van der Waals surface area (Å²) in [5, 5.41) is 0. The van der Waals surface area contributed by atoms with Crippen LogP contribution in [0.2, 0.25) is 0 Å². The minimum absolute atomic E-state index is 0.183. The lowest BCUT2D eigenvalue weighted by atomic mass is 9.97. The summed E-state index contributed by atoms with van der Waals surface area (Å²) in [6.45, 7) is 2.14. The molecular weight excluding hydrogens is 218 g/mol. The van der Waals surface area contributed by atoms with Gasteiger partial charge in [-0.25, -0.2) is 4.98 Å². The second-order valence-corrected chi connectivity index (χ2v) is 4.40. The Morgan fingerprint density at radius 1 is 1.71 bits per heavy atom. The molecule has 0 aromatic carbocycles. The highest BCUT2D eigenvalue weighted by atomic mass is 16.5. The summed E-state index contributed by atoms with van der Waals surface area (Å²) < 4.78 is 4.94. The molecule has 1 aromatic heterocycles. The number of amides is 1. The van der Waals surface area contributed by atoms with Gasteiger partial charge in [0.2, 0.25) is 5.91 Å². The average Bonchev–Trinajstić information content (AvgIpc) is 2.90. The van der Waals surface area contributed by atoms with Crippen LogP contribution in [-0.2, 0) is 9.53 Å². The molecule has 0 radical (unpaired) electrons. The van der Waals surface area contributed by atoms with Crippen molar-refractivity contribution >= 4 is 5.91 Å². The number of aromatic nitrogens is 2. The van der Waals surface area contributed by atoms with Crippen LogP contribution in [0.5, 0.6) is 0 Å². The van der Waals surface area contributed by atoms with Crippen molar-refractivity contribution in [2.24, 2.45) is 0 Å². The van der Waals surface area contributed by atoms with Gasteiger partial charge in [0.15, 0.2) is 0 Å². The molecular formula is C12H19N3O2. The van der Waals surface area contributed by atoms with E-state index in [4.69, 9.17) is 4.74 Å². The summed E-state index contributed by atoms with van der Waals surface area (Å²) >= 11 is 0. The van der Waals surface area contributed by atoms with Crippen LogP contribution in [0.25, 0.3) is 0 Å². The Balaban J connectivity index is 1.90. The lowest BCUT2D eigenvalue weighted by Crippen LogP contribution is -2.39. The Morgan fingerprint density at radius 2 is 2.59 bits per heavy atom. The molecule has 1 amide bonds. The van der Waals surface area contributed by atoms with Crippen LogP contribution in [0.15, 0.2) is 12.4 Å². The molecule has 1 aliphatic heterocycles. The van der Waals surface area contributed by atoms with Gasteiger partial charge in [-0.15, -0.1) is 0 Å². The number of rotatable bonds is 4. The zero-order valence-electron chi connectivity index (χ0n) is 10.2. The van der Waals surface area contributed by atoms with Crippen LogP contribution in [0.3, 0.4) is 0 Å². The summed E-state index contributed by atoms with van der Waals surface area (Å²) in [7, 11) is 1.62. The number of carbonyl (C=O) groups is 1. The summed E-state index contributed by atoms with van der Waals surface area (Å²) in [6.07, 6.45) is 6.22. The van der Waals surface area contributed by atoms with Gasteiger partial charge in [-0.3, -0.25) is 4.79 Å². The zero-order chi connectivity index (χ0) is 12.1. The first kappa shape index (κ1) is 12.1. The SMILES string of the molecule is COCCC(=O)N1CCCC(c2ncc[nH]2)C1. The summed E-state index contributed by atoms with van der Waals surface area (Å²) in [6, 6.07) is 0. The summed E-state index contributed by atoms with van der Waals surface area (Å²) in [5.41, 5.74) is 0. The van der Waals surface area contributed by atoms with Gasteiger partial charge >= 0.3 is 0 Å². The van der Waals surface area contributed by atoms with Crippen LogP contribution in [0.4, 0.5) is 0 Å². The number of hydrogen-bond acceptors (Lipinski definition) is 3. The number of imidazole rings is 1. The van der Waals surface area contributed by atoms with Gasteiger partial charge in [0.05, 0.1) is 13.0 Å². The number of nitrogens with zero attached hydrogens (tertiary/aromatic N) is 2. The first-order valence-corrected chi connectivity index (χ1v) is 6.07. The minimum atomic E-state index is 0.183. The molecule has 1 fully saturated rings. The van der Waals surface area contributed by atoms with E-state index < -0.39 is 0 Å². The van der Waals surface area contributed by atoms with E-state index in [0.29, 0.717) is 18.9 Å². The van der Waals surface area contributed by atoms with E-state index >= 15 is 0 Å². The van der Waals surface area contributed by atoms with Crippen molar-refractivity contribution in [1.82, 2.24) is 14.9 Å². The van der Waals surface area contributed by atoms with Crippen LogP contribution in [-0.4, -0.2) is 47.6 Å². The molecule has 2 heterocycles. The normalized spacial score (nSPS) is 20.5. The van der Waals surface area contributed by atoms with Crippen LogP contribution in [0.1, 0.15) is 31.0 Å². The number of hydrogen-bond donors (Lipinski definition) is 1. The molecule has 0 spiro atoms. The molecule has 94 valence electrons. The molecule has 0 aliphatic carbocycles. The van der Waals surface area contributed by atoms with Crippen molar-refractivity contribution in [3.8, 4) is 0 Å². The molecule has 1 atom stereocenters. The van der Waals surface area contributed by atoms with E-state index in [1.165, 1.54) is 0 Å². The van der Waals surface area contributed by atoms with Gasteiger partial charge in [0.25, 0.3) is 0 Å². The van der Waals surface area contributed by atoms with Crippen LogP contribution < -0.4 is 0 Å². The zero-order valence-corrected chi connectivity index (χ0v) is 10.2. The number of nitrogens with one attached hydrogen (secondary N) is 1. The van der Waals surface area contributed by atoms with E-state index in [-0.39, 0.29) is 5.91 Å². The van der Waals surface area contributed by atoms with Gasteiger partial charge in [0.1, 0.15) is 5.82 Å². The average molecular weight is 237 g/mol. The van der Waals surface area contributed by atoms with Crippen molar-refractivity contribution in [3.05, 3.63) is 18.2 Å². The Labute approximate surface area is 101 Å². The molecule has 2 rings (SSSR count). The highest BCUT2D eigenvalue weighted by Gasteiger charge is 2.25. The molecule has 17 heavy (non-hydrogen) atoms. The monoisotopic (exact) mass is 237 g/mol. The first-order chi connectivity index (χ1) is 8.31. The van der Waals surface area contributed by atoms with Crippen molar-refractivity contribution in [2.75, 3.05) is 26.8 Å². The fourth-order valence-corrected chi connectivity index (χ4v) is 2.28. The van der Waals surface area contributed by atoms with Crippen molar-refractivity contribution < 1.29 is 9.53 Å². The second kappa shape index (κ2) is 5.82. The second-order valence-electron chi connectivity index (χ2n) is 4.40. The maximum Gasteiger partial charge on any atom is 0.224 e. The number of ether oxygens (including phenoxy) is 1. The third-order valence-electron chi connectivity index (χ3n) is 3.20. The number of piperidine rings is 1. The number of H-pyrrole nitrogens is 1. The van der Waals surface area contributed by atoms with E-state index in [0.717, 1.165) is 31.8 Å². The van der Waals surface area contributed by atoms with Crippen LogP contribution >= 0.6 is 0 Å². The lowest BCUT2D eigenvalue weighted by molar-refractivity contribution is -0.133. The maximum atomic E-state index is 11.9. The maximum absolute atomic E-state index is 11.9. The van der Waals surface area contributed by atoms with Gasteiger partial charge < -0.3 is 14.6 Å². The Morgan fingerprint density at radius 3 is 3.29 bits per heavy atom. The van der Waals surface area contributed by atoms with Crippen LogP contribution in [0, 0.1) is 0 Å². The molecule has 1 saturated heterocycles. The van der Waals surface area contributed by atoms with Crippen molar-refractivity contribution in [1.29, 1.82) is 0 Å². The topological polar surface area (TPSA) is 58.2 Å². The highest BCUT2D eigenvalue weighted by molar-refractivity contribution is 5.76. The minimum Gasteiger partial charge on any atom is -0.384 e. The predicted octanol–water partition coefficient (Wildman–Crippen LogP) is 1.15. The fourth-order valence-electron chi connectivity index (χ4n) is 2.28. The van der Waals surface area contributed by atoms with Gasteiger partial charge in [-0.2, -0.15) is 0 Å².